The Morgan fingerprint density at radius 3 is 2.73 bits per heavy atom. The van der Waals surface area contributed by atoms with Crippen LogP contribution in [0.4, 0.5) is 0 Å². The van der Waals surface area contributed by atoms with E-state index in [2.05, 4.69) is 4.98 Å². The summed E-state index contributed by atoms with van der Waals surface area (Å²) in [6.45, 7) is 5.79. The van der Waals surface area contributed by atoms with E-state index in [4.69, 9.17) is 16.3 Å². The molecule has 0 N–H and O–H groups in total. The Bertz CT molecular complexity index is 377. The van der Waals surface area contributed by atoms with Crippen LogP contribution in [0.2, 0.25) is 0 Å². The molecule has 1 heterocycles. The lowest BCUT2D eigenvalue weighted by Gasteiger charge is -2.10. The van der Waals surface area contributed by atoms with Gasteiger partial charge in [0.2, 0.25) is 0 Å². The SMILES string of the molecule is CCOC(=O)c1c(CCl)cc(C)nc1C. The van der Waals surface area contributed by atoms with E-state index in [1.807, 2.05) is 13.0 Å². The topological polar surface area (TPSA) is 39.2 Å². The summed E-state index contributed by atoms with van der Waals surface area (Å²) in [5, 5.41) is 0. The number of rotatable bonds is 3. The zero-order chi connectivity index (χ0) is 11.4. The number of aryl methyl sites for hydroxylation is 2. The lowest BCUT2D eigenvalue weighted by molar-refractivity contribution is 0.0524. The predicted molar refractivity (Wildman–Crippen MR) is 59.2 cm³/mol. The number of hydrogen-bond donors (Lipinski definition) is 0. The Morgan fingerprint density at radius 1 is 1.53 bits per heavy atom. The largest absolute Gasteiger partial charge is 0.462 e. The third-order valence-corrected chi connectivity index (χ3v) is 2.32. The van der Waals surface area contributed by atoms with E-state index in [0.29, 0.717) is 23.7 Å². The molecule has 0 radical (unpaired) electrons. The van der Waals surface area contributed by atoms with Crippen molar-refractivity contribution >= 4 is 17.6 Å². The van der Waals surface area contributed by atoms with Gasteiger partial charge in [-0.1, -0.05) is 0 Å². The van der Waals surface area contributed by atoms with Gasteiger partial charge in [0.1, 0.15) is 0 Å². The molecule has 0 aliphatic carbocycles. The molecule has 3 nitrogen and oxygen atoms in total. The van der Waals surface area contributed by atoms with Crippen molar-refractivity contribution in [3.05, 3.63) is 28.6 Å². The lowest BCUT2D eigenvalue weighted by Crippen LogP contribution is -2.11. The number of ether oxygens (including phenoxy) is 1. The first-order valence-electron chi connectivity index (χ1n) is 4.80. The van der Waals surface area contributed by atoms with Crippen LogP contribution in [0, 0.1) is 13.8 Å². The van der Waals surface area contributed by atoms with Crippen LogP contribution in [-0.2, 0) is 10.6 Å². The molecule has 0 aliphatic heterocycles. The molecular formula is C11H14ClNO2. The van der Waals surface area contributed by atoms with Crippen molar-refractivity contribution < 1.29 is 9.53 Å². The highest BCUT2D eigenvalue weighted by molar-refractivity contribution is 6.17. The van der Waals surface area contributed by atoms with Crippen molar-refractivity contribution in [2.75, 3.05) is 6.61 Å². The van der Waals surface area contributed by atoms with Crippen molar-refractivity contribution in [1.82, 2.24) is 4.98 Å². The molecule has 4 heteroatoms. The fourth-order valence-corrected chi connectivity index (χ4v) is 1.71. The van der Waals surface area contributed by atoms with Gasteiger partial charge in [0.25, 0.3) is 0 Å². The molecule has 1 rings (SSSR count). The third-order valence-electron chi connectivity index (χ3n) is 2.03. The fraction of sp³-hybridized carbons (Fsp3) is 0.455. The number of carbonyl (C=O) groups is 1. The Balaban J connectivity index is 3.20. The summed E-state index contributed by atoms with van der Waals surface area (Å²) in [5.74, 6) is -0.0589. The second kappa shape index (κ2) is 5.12. The maximum atomic E-state index is 11.6. The molecule has 0 spiro atoms. The summed E-state index contributed by atoms with van der Waals surface area (Å²) in [6.07, 6.45) is 0. The van der Waals surface area contributed by atoms with Crippen LogP contribution in [0.3, 0.4) is 0 Å². The van der Waals surface area contributed by atoms with Crippen molar-refractivity contribution in [3.8, 4) is 0 Å². The monoisotopic (exact) mass is 227 g/mol. The number of nitrogens with zero attached hydrogens (tertiary/aromatic N) is 1. The first-order chi connectivity index (χ1) is 7.10. The number of esters is 1. The van der Waals surface area contributed by atoms with Crippen LogP contribution in [0.25, 0.3) is 0 Å². The Kier molecular flexibility index (Phi) is 4.09. The number of hydrogen-bond acceptors (Lipinski definition) is 3. The minimum absolute atomic E-state index is 0.290. The Morgan fingerprint density at radius 2 is 2.20 bits per heavy atom. The first-order valence-corrected chi connectivity index (χ1v) is 5.33. The van der Waals surface area contributed by atoms with E-state index in [-0.39, 0.29) is 5.97 Å². The highest BCUT2D eigenvalue weighted by Crippen LogP contribution is 2.17. The predicted octanol–water partition coefficient (Wildman–Crippen LogP) is 2.61. The van der Waals surface area contributed by atoms with Gasteiger partial charge in [-0.25, -0.2) is 4.79 Å². The Labute approximate surface area is 94.4 Å². The van der Waals surface area contributed by atoms with E-state index >= 15 is 0 Å². The maximum absolute atomic E-state index is 11.6. The standard InChI is InChI=1S/C11H14ClNO2/c1-4-15-11(14)10-8(3)13-7(2)5-9(10)6-12/h5H,4,6H2,1-3H3. The average molecular weight is 228 g/mol. The minimum Gasteiger partial charge on any atom is -0.462 e. The van der Waals surface area contributed by atoms with E-state index in [0.717, 1.165) is 11.3 Å². The summed E-state index contributed by atoms with van der Waals surface area (Å²) in [6, 6.07) is 1.81. The van der Waals surface area contributed by atoms with Gasteiger partial charge in [-0.3, -0.25) is 4.98 Å². The van der Waals surface area contributed by atoms with Crippen LogP contribution < -0.4 is 0 Å². The average Bonchev–Trinajstić information content (AvgIpc) is 2.16. The molecule has 1 aromatic rings. The normalized spacial score (nSPS) is 10.1. The van der Waals surface area contributed by atoms with Crippen molar-refractivity contribution in [2.24, 2.45) is 0 Å². The number of pyridine rings is 1. The smallest absolute Gasteiger partial charge is 0.340 e. The number of halogens is 1. The lowest BCUT2D eigenvalue weighted by atomic mass is 10.1. The van der Waals surface area contributed by atoms with Gasteiger partial charge in [-0.15, -0.1) is 11.6 Å². The molecule has 15 heavy (non-hydrogen) atoms. The molecule has 0 saturated carbocycles. The summed E-state index contributed by atoms with van der Waals surface area (Å²) in [5.41, 5.74) is 2.80. The summed E-state index contributed by atoms with van der Waals surface area (Å²) in [7, 11) is 0. The highest BCUT2D eigenvalue weighted by Gasteiger charge is 2.16. The van der Waals surface area contributed by atoms with Crippen LogP contribution in [-0.4, -0.2) is 17.6 Å². The molecule has 0 fully saturated rings. The number of carbonyl (C=O) groups excluding carboxylic acids is 1. The van der Waals surface area contributed by atoms with Gasteiger partial charge >= 0.3 is 5.97 Å². The molecular weight excluding hydrogens is 214 g/mol. The summed E-state index contributed by atoms with van der Waals surface area (Å²) < 4.78 is 4.95. The van der Waals surface area contributed by atoms with Crippen molar-refractivity contribution in [1.29, 1.82) is 0 Å². The van der Waals surface area contributed by atoms with Gasteiger partial charge in [0.15, 0.2) is 0 Å². The highest BCUT2D eigenvalue weighted by atomic mass is 35.5. The fourth-order valence-electron chi connectivity index (χ4n) is 1.50. The maximum Gasteiger partial charge on any atom is 0.340 e. The molecule has 1 aromatic heterocycles. The van der Waals surface area contributed by atoms with E-state index in [1.165, 1.54) is 0 Å². The van der Waals surface area contributed by atoms with Crippen molar-refractivity contribution in [3.63, 3.8) is 0 Å². The zero-order valence-corrected chi connectivity index (χ0v) is 9.89. The molecule has 0 unspecified atom stereocenters. The van der Waals surface area contributed by atoms with E-state index in [1.54, 1.807) is 13.8 Å². The summed E-state index contributed by atoms with van der Waals surface area (Å²) >= 11 is 5.78. The molecule has 0 amide bonds. The minimum atomic E-state index is -0.349. The van der Waals surface area contributed by atoms with Gasteiger partial charge in [0.05, 0.1) is 17.9 Å². The molecule has 0 aliphatic rings. The molecule has 0 atom stereocenters. The zero-order valence-electron chi connectivity index (χ0n) is 9.13. The van der Waals surface area contributed by atoms with E-state index in [9.17, 15) is 4.79 Å². The van der Waals surface area contributed by atoms with E-state index < -0.39 is 0 Å². The second-order valence-corrected chi connectivity index (χ2v) is 3.50. The van der Waals surface area contributed by atoms with Gasteiger partial charge in [-0.05, 0) is 32.4 Å². The molecule has 0 bridgehead atoms. The summed E-state index contributed by atoms with van der Waals surface area (Å²) in [4.78, 5) is 15.9. The van der Waals surface area contributed by atoms with Gasteiger partial charge < -0.3 is 4.74 Å². The number of aromatic nitrogens is 1. The molecule has 0 aromatic carbocycles. The molecule has 82 valence electrons. The quantitative estimate of drug-likeness (QED) is 0.589. The van der Waals surface area contributed by atoms with Crippen LogP contribution in [0.15, 0.2) is 6.07 Å². The van der Waals surface area contributed by atoms with Gasteiger partial charge in [0, 0.05) is 11.6 Å². The van der Waals surface area contributed by atoms with Crippen LogP contribution in [0.5, 0.6) is 0 Å². The Hall–Kier alpha value is -1.09. The van der Waals surface area contributed by atoms with Crippen LogP contribution in [0.1, 0.15) is 34.2 Å². The third kappa shape index (κ3) is 2.69. The van der Waals surface area contributed by atoms with Gasteiger partial charge in [-0.2, -0.15) is 0 Å². The number of alkyl halides is 1. The molecule has 0 saturated heterocycles. The second-order valence-electron chi connectivity index (χ2n) is 3.24. The first kappa shape index (κ1) is 12.0. The van der Waals surface area contributed by atoms with Crippen molar-refractivity contribution in [2.45, 2.75) is 26.7 Å². The van der Waals surface area contributed by atoms with Crippen LogP contribution >= 0.6 is 11.6 Å².